The Balaban J connectivity index is 1.84. The van der Waals surface area contributed by atoms with Crippen molar-refractivity contribution in [1.82, 2.24) is 10.2 Å². The first-order chi connectivity index (χ1) is 18.1. The summed E-state index contributed by atoms with van der Waals surface area (Å²) in [6, 6.07) is 9.94. The lowest BCUT2D eigenvalue weighted by atomic mass is 9.70. The second kappa shape index (κ2) is 12.6. The van der Waals surface area contributed by atoms with Gasteiger partial charge in [-0.05, 0) is 54.9 Å². The van der Waals surface area contributed by atoms with Crippen LogP contribution in [0.3, 0.4) is 0 Å². The van der Waals surface area contributed by atoms with Crippen LogP contribution in [-0.4, -0.2) is 58.2 Å². The van der Waals surface area contributed by atoms with E-state index in [0.717, 1.165) is 19.3 Å². The van der Waals surface area contributed by atoms with Crippen molar-refractivity contribution in [2.75, 3.05) is 35.1 Å². The fraction of sp³-hybridized carbons (Fsp3) is 0.500. The quantitative estimate of drug-likeness (QED) is 0.425. The summed E-state index contributed by atoms with van der Waals surface area (Å²) in [6.45, 7) is 6.38. The number of hydrogen-bond acceptors (Lipinski definition) is 8. The molecule has 2 amide bonds. The van der Waals surface area contributed by atoms with Gasteiger partial charge in [-0.1, -0.05) is 32.9 Å². The predicted molar refractivity (Wildman–Crippen MR) is 142 cm³/mol. The van der Waals surface area contributed by atoms with Crippen molar-refractivity contribution in [2.24, 2.45) is 11.3 Å². The molecule has 0 heterocycles. The molecule has 0 bridgehead atoms. The number of rotatable bonds is 9. The highest BCUT2D eigenvalue weighted by atomic mass is 16.6. The van der Waals surface area contributed by atoms with Crippen molar-refractivity contribution in [3.63, 3.8) is 0 Å². The van der Waals surface area contributed by atoms with Gasteiger partial charge in [0.1, 0.15) is 0 Å². The molecule has 2 aromatic carbocycles. The molecule has 0 saturated heterocycles. The van der Waals surface area contributed by atoms with Crippen LogP contribution in [-0.2, 0) is 0 Å². The van der Waals surface area contributed by atoms with E-state index in [1.165, 1.54) is 33.3 Å². The molecule has 2 unspecified atom stereocenters. The van der Waals surface area contributed by atoms with Crippen LogP contribution in [0.2, 0.25) is 0 Å². The normalized spacial score (nSPS) is 18.1. The third kappa shape index (κ3) is 6.93. The summed E-state index contributed by atoms with van der Waals surface area (Å²) in [4.78, 5) is 28.0. The number of benzene rings is 2. The highest BCUT2D eigenvalue weighted by Crippen LogP contribution is 2.42. The van der Waals surface area contributed by atoms with Gasteiger partial charge in [0.15, 0.2) is 23.0 Å². The third-order valence-electron chi connectivity index (χ3n) is 6.58. The molecule has 10 nitrogen and oxygen atoms in total. The molecule has 1 fully saturated rings. The van der Waals surface area contributed by atoms with Crippen LogP contribution in [0.5, 0.6) is 34.5 Å². The first kappa shape index (κ1) is 28.7. The Morgan fingerprint density at radius 1 is 0.842 bits per heavy atom. The zero-order valence-corrected chi connectivity index (χ0v) is 23.2. The minimum absolute atomic E-state index is 0.00820. The number of amides is 2. The van der Waals surface area contributed by atoms with E-state index in [-0.39, 0.29) is 29.6 Å². The van der Waals surface area contributed by atoms with Gasteiger partial charge in [0.25, 0.3) is 0 Å². The van der Waals surface area contributed by atoms with Crippen molar-refractivity contribution in [1.29, 1.82) is 0 Å². The standard InChI is InChI=1S/C28H38N2O8/c1-18-14-19(16-28(2,3)15-18)30(27(32)38-25-22(35-6)12-9-13-23(25)36-7)17-29-26(31)37-24-20(33-4)10-8-11-21(24)34-5/h8-13,18-19H,14-17H2,1-7H3,(H,29,31). The maximum Gasteiger partial charge on any atom is 0.417 e. The van der Waals surface area contributed by atoms with E-state index in [4.69, 9.17) is 28.4 Å². The summed E-state index contributed by atoms with van der Waals surface area (Å²) in [7, 11) is 5.91. The maximum atomic E-state index is 13.6. The number of methoxy groups -OCH3 is 4. The van der Waals surface area contributed by atoms with Crippen LogP contribution in [0.25, 0.3) is 0 Å². The van der Waals surface area contributed by atoms with E-state index in [0.29, 0.717) is 28.9 Å². The van der Waals surface area contributed by atoms with Crippen LogP contribution < -0.4 is 33.7 Å². The van der Waals surface area contributed by atoms with Crippen molar-refractivity contribution >= 4 is 12.2 Å². The molecule has 1 aliphatic carbocycles. The largest absolute Gasteiger partial charge is 0.493 e. The van der Waals surface area contributed by atoms with Crippen molar-refractivity contribution < 1.29 is 38.0 Å². The second-order valence-corrected chi connectivity index (χ2v) is 10.1. The highest BCUT2D eigenvalue weighted by molar-refractivity contribution is 5.76. The molecule has 0 aromatic heterocycles. The minimum atomic E-state index is -0.774. The van der Waals surface area contributed by atoms with E-state index in [1.54, 1.807) is 36.4 Å². The molecule has 0 aliphatic heterocycles. The van der Waals surface area contributed by atoms with Crippen LogP contribution in [0.4, 0.5) is 9.59 Å². The number of hydrogen-bond donors (Lipinski definition) is 1. The molecule has 0 spiro atoms. The van der Waals surface area contributed by atoms with Crippen LogP contribution in [0.1, 0.15) is 40.0 Å². The fourth-order valence-corrected chi connectivity index (χ4v) is 5.14. The molecule has 2 atom stereocenters. The summed E-state index contributed by atoms with van der Waals surface area (Å²) < 4.78 is 32.7. The Morgan fingerprint density at radius 2 is 1.32 bits per heavy atom. The Labute approximate surface area is 224 Å². The Bertz CT molecular complexity index is 1080. The number of nitrogens with zero attached hydrogens (tertiary/aromatic N) is 1. The fourth-order valence-electron chi connectivity index (χ4n) is 5.14. The average Bonchev–Trinajstić information content (AvgIpc) is 2.87. The van der Waals surface area contributed by atoms with Crippen molar-refractivity contribution in [3.05, 3.63) is 36.4 Å². The van der Waals surface area contributed by atoms with Crippen LogP contribution in [0, 0.1) is 11.3 Å². The first-order valence-electron chi connectivity index (χ1n) is 12.5. The molecule has 1 aliphatic rings. The molecule has 208 valence electrons. The van der Waals surface area contributed by atoms with Gasteiger partial charge in [-0.15, -0.1) is 0 Å². The Hall–Kier alpha value is -3.82. The van der Waals surface area contributed by atoms with E-state index >= 15 is 0 Å². The van der Waals surface area contributed by atoms with Crippen LogP contribution in [0.15, 0.2) is 36.4 Å². The summed E-state index contributed by atoms with van der Waals surface area (Å²) >= 11 is 0. The zero-order chi connectivity index (χ0) is 27.9. The molecule has 3 rings (SSSR count). The Kier molecular flexibility index (Phi) is 9.55. The van der Waals surface area contributed by atoms with E-state index < -0.39 is 12.2 Å². The lowest BCUT2D eigenvalue weighted by Crippen LogP contribution is -2.52. The molecule has 1 N–H and O–H groups in total. The van der Waals surface area contributed by atoms with E-state index in [9.17, 15) is 9.59 Å². The molecule has 38 heavy (non-hydrogen) atoms. The van der Waals surface area contributed by atoms with Gasteiger partial charge in [-0.2, -0.15) is 0 Å². The number of carbonyl (C=O) groups excluding carboxylic acids is 2. The molecular formula is C28H38N2O8. The van der Waals surface area contributed by atoms with Crippen molar-refractivity contribution in [2.45, 2.75) is 46.1 Å². The lowest BCUT2D eigenvalue weighted by Gasteiger charge is -2.43. The Morgan fingerprint density at radius 3 is 1.76 bits per heavy atom. The van der Waals surface area contributed by atoms with Gasteiger partial charge in [-0.3, -0.25) is 4.90 Å². The van der Waals surface area contributed by atoms with Crippen LogP contribution >= 0.6 is 0 Å². The van der Waals surface area contributed by atoms with E-state index in [1.807, 2.05) is 0 Å². The summed E-state index contributed by atoms with van der Waals surface area (Å²) in [6.07, 6.45) is 1.13. The molecular weight excluding hydrogens is 492 g/mol. The van der Waals surface area contributed by atoms with Gasteiger partial charge in [0, 0.05) is 6.04 Å². The highest BCUT2D eigenvalue weighted by Gasteiger charge is 2.38. The monoisotopic (exact) mass is 530 g/mol. The predicted octanol–water partition coefficient (Wildman–Crippen LogP) is 5.48. The topological polar surface area (TPSA) is 105 Å². The number of nitrogens with one attached hydrogen (secondary N) is 1. The average molecular weight is 531 g/mol. The molecule has 0 radical (unpaired) electrons. The van der Waals surface area contributed by atoms with E-state index in [2.05, 4.69) is 26.1 Å². The van der Waals surface area contributed by atoms with Gasteiger partial charge in [0.2, 0.25) is 11.5 Å². The smallest absolute Gasteiger partial charge is 0.417 e. The van der Waals surface area contributed by atoms with Gasteiger partial charge >= 0.3 is 12.2 Å². The third-order valence-corrected chi connectivity index (χ3v) is 6.58. The number of para-hydroxylation sites is 2. The SMILES string of the molecule is COc1cccc(OC)c1OC(=O)NCN(C(=O)Oc1c(OC)cccc1OC)C1CC(C)CC(C)(C)C1. The summed E-state index contributed by atoms with van der Waals surface area (Å²) in [5, 5.41) is 2.69. The summed E-state index contributed by atoms with van der Waals surface area (Å²) in [5.41, 5.74) is 0.00820. The number of ether oxygens (including phenoxy) is 6. The zero-order valence-electron chi connectivity index (χ0n) is 23.2. The summed E-state index contributed by atoms with van der Waals surface area (Å²) in [5.74, 6) is 2.05. The second-order valence-electron chi connectivity index (χ2n) is 10.1. The van der Waals surface area contributed by atoms with Gasteiger partial charge < -0.3 is 33.7 Å². The molecule has 1 saturated carbocycles. The first-order valence-corrected chi connectivity index (χ1v) is 12.5. The molecule has 2 aromatic rings. The lowest BCUT2D eigenvalue weighted by molar-refractivity contribution is 0.0617. The molecule has 10 heteroatoms. The van der Waals surface area contributed by atoms with Gasteiger partial charge in [0.05, 0.1) is 35.1 Å². The van der Waals surface area contributed by atoms with Crippen molar-refractivity contribution in [3.8, 4) is 34.5 Å². The maximum absolute atomic E-state index is 13.6. The minimum Gasteiger partial charge on any atom is -0.493 e. The van der Waals surface area contributed by atoms with Gasteiger partial charge in [-0.25, -0.2) is 9.59 Å². The number of carbonyl (C=O) groups is 2.